The van der Waals surface area contributed by atoms with Crippen LogP contribution in [-0.2, 0) is 14.3 Å². The molecule has 1 aliphatic heterocycles. The highest BCUT2D eigenvalue weighted by atomic mass is 16.7. The first-order valence-corrected chi connectivity index (χ1v) is 6.14. The van der Waals surface area contributed by atoms with Crippen molar-refractivity contribution >= 4 is 5.97 Å². The van der Waals surface area contributed by atoms with Crippen molar-refractivity contribution in [3.8, 4) is 0 Å². The molecule has 3 nitrogen and oxygen atoms in total. The maximum atomic E-state index is 12.0. The van der Waals surface area contributed by atoms with Crippen LogP contribution in [0.5, 0.6) is 0 Å². The summed E-state index contributed by atoms with van der Waals surface area (Å²) >= 11 is 0. The van der Waals surface area contributed by atoms with Crippen LogP contribution in [0.2, 0.25) is 0 Å². The molecule has 1 fully saturated rings. The molecule has 0 amide bonds. The molecule has 0 N–H and O–H groups in total. The highest BCUT2D eigenvalue weighted by molar-refractivity contribution is 5.83. The lowest BCUT2D eigenvalue weighted by Gasteiger charge is -2.10. The number of rotatable bonds is 5. The van der Waals surface area contributed by atoms with E-state index in [2.05, 4.69) is 0 Å². The summed E-state index contributed by atoms with van der Waals surface area (Å²) in [6.07, 6.45) is 1.48. The van der Waals surface area contributed by atoms with Crippen LogP contribution in [0.1, 0.15) is 38.4 Å². The molecule has 1 aromatic rings. The molecule has 2 atom stereocenters. The quantitative estimate of drug-likeness (QED) is 0.581. The normalized spacial score (nSPS) is 26.6. The van der Waals surface area contributed by atoms with Crippen molar-refractivity contribution in [2.24, 2.45) is 0 Å². The fourth-order valence-corrected chi connectivity index (χ4v) is 2.21. The predicted molar refractivity (Wildman–Crippen MR) is 64.5 cm³/mol. The SMILES string of the molecule is CCCC1(C(=O)OCC)OC1c1ccccc1. The van der Waals surface area contributed by atoms with Crippen molar-refractivity contribution in [2.75, 3.05) is 6.61 Å². The number of hydrogen-bond acceptors (Lipinski definition) is 3. The molecule has 92 valence electrons. The fourth-order valence-electron chi connectivity index (χ4n) is 2.21. The average Bonchev–Trinajstić information content (AvgIpc) is 3.07. The van der Waals surface area contributed by atoms with Crippen LogP contribution in [-0.4, -0.2) is 18.2 Å². The minimum Gasteiger partial charge on any atom is -0.464 e. The molecule has 0 bridgehead atoms. The van der Waals surface area contributed by atoms with E-state index in [1.54, 1.807) is 0 Å². The lowest BCUT2D eigenvalue weighted by molar-refractivity contribution is -0.149. The monoisotopic (exact) mass is 234 g/mol. The van der Waals surface area contributed by atoms with Gasteiger partial charge in [-0.05, 0) is 18.9 Å². The molecule has 1 aromatic carbocycles. The van der Waals surface area contributed by atoms with Crippen molar-refractivity contribution in [1.82, 2.24) is 0 Å². The van der Waals surface area contributed by atoms with Gasteiger partial charge in [0.2, 0.25) is 0 Å². The van der Waals surface area contributed by atoms with Gasteiger partial charge in [-0.1, -0.05) is 43.7 Å². The second kappa shape index (κ2) is 4.88. The topological polar surface area (TPSA) is 38.8 Å². The Morgan fingerprint density at radius 3 is 2.65 bits per heavy atom. The van der Waals surface area contributed by atoms with Gasteiger partial charge in [-0.2, -0.15) is 0 Å². The highest BCUT2D eigenvalue weighted by Gasteiger charge is 2.63. The largest absolute Gasteiger partial charge is 0.464 e. The van der Waals surface area contributed by atoms with Crippen LogP contribution in [0.15, 0.2) is 30.3 Å². The van der Waals surface area contributed by atoms with Crippen molar-refractivity contribution in [3.63, 3.8) is 0 Å². The first kappa shape index (κ1) is 12.1. The number of ether oxygens (including phenoxy) is 2. The van der Waals surface area contributed by atoms with Gasteiger partial charge in [0, 0.05) is 0 Å². The zero-order chi connectivity index (χ0) is 12.3. The van der Waals surface area contributed by atoms with Crippen molar-refractivity contribution in [1.29, 1.82) is 0 Å². The molecule has 0 aromatic heterocycles. The summed E-state index contributed by atoms with van der Waals surface area (Å²) in [5.41, 5.74) is 0.320. The zero-order valence-corrected chi connectivity index (χ0v) is 10.3. The number of carbonyl (C=O) groups excluding carboxylic acids is 1. The standard InChI is InChI=1S/C14H18O3/c1-3-10-14(13(15)16-4-2)12(17-14)11-8-6-5-7-9-11/h5-9,12H,3-4,10H2,1-2H3. The maximum Gasteiger partial charge on any atom is 0.341 e. The van der Waals surface area contributed by atoms with Crippen molar-refractivity contribution in [2.45, 2.75) is 38.4 Å². The molecule has 2 unspecified atom stereocenters. The molecule has 1 aliphatic rings. The number of carbonyl (C=O) groups is 1. The lowest BCUT2D eigenvalue weighted by Crippen LogP contribution is -2.27. The molecule has 0 radical (unpaired) electrons. The van der Waals surface area contributed by atoms with Crippen LogP contribution >= 0.6 is 0 Å². The molecule has 0 spiro atoms. The van der Waals surface area contributed by atoms with E-state index < -0.39 is 5.60 Å². The Hall–Kier alpha value is -1.35. The van der Waals surface area contributed by atoms with E-state index in [0.717, 1.165) is 12.0 Å². The van der Waals surface area contributed by atoms with Gasteiger partial charge in [0.25, 0.3) is 0 Å². The molecular formula is C14H18O3. The molecule has 2 rings (SSSR count). The van der Waals surface area contributed by atoms with Gasteiger partial charge in [0.05, 0.1) is 6.61 Å². The Kier molecular flexibility index (Phi) is 3.48. The third-order valence-corrected chi connectivity index (χ3v) is 3.04. The van der Waals surface area contributed by atoms with E-state index >= 15 is 0 Å². The van der Waals surface area contributed by atoms with Crippen LogP contribution in [0.4, 0.5) is 0 Å². The fraction of sp³-hybridized carbons (Fsp3) is 0.500. The van der Waals surface area contributed by atoms with E-state index in [9.17, 15) is 4.79 Å². The Bertz CT molecular complexity index is 388. The summed E-state index contributed by atoms with van der Waals surface area (Å²) in [4.78, 5) is 12.0. The van der Waals surface area contributed by atoms with Crippen molar-refractivity contribution in [3.05, 3.63) is 35.9 Å². The predicted octanol–water partition coefficient (Wildman–Crippen LogP) is 2.86. The van der Waals surface area contributed by atoms with Crippen LogP contribution < -0.4 is 0 Å². The number of esters is 1. The summed E-state index contributed by atoms with van der Waals surface area (Å²) in [6, 6.07) is 9.85. The average molecular weight is 234 g/mol. The molecule has 0 aliphatic carbocycles. The summed E-state index contributed by atoms with van der Waals surface area (Å²) < 4.78 is 10.8. The summed E-state index contributed by atoms with van der Waals surface area (Å²) in [6.45, 7) is 4.26. The summed E-state index contributed by atoms with van der Waals surface area (Å²) in [5, 5.41) is 0. The van der Waals surface area contributed by atoms with Crippen LogP contribution in [0.25, 0.3) is 0 Å². The Balaban J connectivity index is 2.15. The van der Waals surface area contributed by atoms with Gasteiger partial charge < -0.3 is 9.47 Å². The first-order chi connectivity index (χ1) is 8.24. The molecule has 1 heterocycles. The summed E-state index contributed by atoms with van der Waals surface area (Å²) in [7, 11) is 0. The second-order valence-electron chi connectivity index (χ2n) is 4.27. The van der Waals surface area contributed by atoms with E-state index in [1.807, 2.05) is 44.2 Å². The second-order valence-corrected chi connectivity index (χ2v) is 4.27. The lowest BCUT2D eigenvalue weighted by atomic mass is 9.95. The third-order valence-electron chi connectivity index (χ3n) is 3.04. The van der Waals surface area contributed by atoms with Gasteiger partial charge in [-0.15, -0.1) is 0 Å². The Morgan fingerprint density at radius 1 is 1.35 bits per heavy atom. The van der Waals surface area contributed by atoms with Gasteiger partial charge in [-0.25, -0.2) is 4.79 Å². The first-order valence-electron chi connectivity index (χ1n) is 6.14. The number of hydrogen-bond donors (Lipinski definition) is 0. The Labute approximate surface area is 102 Å². The third kappa shape index (κ3) is 2.20. The van der Waals surface area contributed by atoms with Crippen molar-refractivity contribution < 1.29 is 14.3 Å². The van der Waals surface area contributed by atoms with Gasteiger partial charge >= 0.3 is 5.97 Å². The minimum absolute atomic E-state index is 0.136. The van der Waals surface area contributed by atoms with E-state index in [4.69, 9.17) is 9.47 Å². The van der Waals surface area contributed by atoms with Crippen LogP contribution in [0, 0.1) is 0 Å². The highest BCUT2D eigenvalue weighted by Crippen LogP contribution is 2.53. The smallest absolute Gasteiger partial charge is 0.341 e. The number of epoxide rings is 1. The van der Waals surface area contributed by atoms with Gasteiger partial charge in [-0.3, -0.25) is 0 Å². The van der Waals surface area contributed by atoms with Gasteiger partial charge in [0.15, 0.2) is 5.60 Å². The Morgan fingerprint density at radius 2 is 2.06 bits per heavy atom. The maximum absolute atomic E-state index is 12.0. The van der Waals surface area contributed by atoms with Crippen LogP contribution in [0.3, 0.4) is 0 Å². The zero-order valence-electron chi connectivity index (χ0n) is 10.3. The minimum atomic E-state index is -0.730. The van der Waals surface area contributed by atoms with E-state index in [1.165, 1.54) is 0 Å². The number of benzene rings is 1. The van der Waals surface area contributed by atoms with E-state index in [0.29, 0.717) is 13.0 Å². The molecule has 0 saturated carbocycles. The molecule has 3 heteroatoms. The molecule has 1 saturated heterocycles. The summed E-state index contributed by atoms with van der Waals surface area (Å²) in [5.74, 6) is -0.226. The molecule has 17 heavy (non-hydrogen) atoms. The molecular weight excluding hydrogens is 216 g/mol. The van der Waals surface area contributed by atoms with Gasteiger partial charge in [0.1, 0.15) is 6.10 Å². The van der Waals surface area contributed by atoms with E-state index in [-0.39, 0.29) is 12.1 Å².